The molecule has 0 spiro atoms. The van der Waals surface area contributed by atoms with Crippen molar-refractivity contribution in [2.24, 2.45) is 0 Å². The van der Waals surface area contributed by atoms with Crippen LogP contribution in [0.3, 0.4) is 0 Å². The molecule has 0 aliphatic carbocycles. The predicted molar refractivity (Wildman–Crippen MR) is 86.7 cm³/mol. The molecule has 0 saturated heterocycles. The van der Waals surface area contributed by atoms with E-state index >= 15 is 0 Å². The number of nitrogens with one attached hydrogen (secondary N) is 1. The van der Waals surface area contributed by atoms with E-state index in [0.717, 1.165) is 28.1 Å². The van der Waals surface area contributed by atoms with Gasteiger partial charge in [0.1, 0.15) is 11.8 Å². The minimum atomic E-state index is -0.00838. The van der Waals surface area contributed by atoms with Gasteiger partial charge in [0.05, 0.1) is 12.0 Å². The molecular formula is C16H14N4OS. The summed E-state index contributed by atoms with van der Waals surface area (Å²) in [7, 11) is 0. The zero-order chi connectivity index (χ0) is 14.9. The lowest BCUT2D eigenvalue weighted by atomic mass is 10.0. The summed E-state index contributed by atoms with van der Waals surface area (Å²) < 4.78 is 7.42. The van der Waals surface area contributed by atoms with Gasteiger partial charge in [-0.05, 0) is 30.0 Å². The molecule has 1 aliphatic heterocycles. The third-order valence-electron chi connectivity index (χ3n) is 3.56. The van der Waals surface area contributed by atoms with E-state index in [2.05, 4.69) is 33.6 Å². The number of anilines is 1. The number of nitrogens with zero attached hydrogens (tertiary/aromatic N) is 3. The Hall–Kier alpha value is -2.47. The molecule has 4 rings (SSSR count). The second-order valence-corrected chi connectivity index (χ2v) is 5.68. The first-order valence-electron chi connectivity index (χ1n) is 6.93. The molecule has 0 fully saturated rings. The number of hydrogen-bond donors (Lipinski definition) is 1. The summed E-state index contributed by atoms with van der Waals surface area (Å²) in [5.41, 5.74) is 2.07. The summed E-state index contributed by atoms with van der Waals surface area (Å²) >= 11 is 1.53. The van der Waals surface area contributed by atoms with Gasteiger partial charge in [0.2, 0.25) is 11.1 Å². The minimum Gasteiger partial charge on any atom is -0.463 e. The van der Waals surface area contributed by atoms with Crippen molar-refractivity contribution in [1.82, 2.24) is 14.8 Å². The highest BCUT2D eigenvalue weighted by molar-refractivity contribution is 7.98. The highest BCUT2D eigenvalue weighted by Gasteiger charge is 2.25. The van der Waals surface area contributed by atoms with Gasteiger partial charge in [-0.15, -0.1) is 5.10 Å². The van der Waals surface area contributed by atoms with Crippen molar-refractivity contribution in [3.05, 3.63) is 66.1 Å². The highest BCUT2D eigenvalue weighted by atomic mass is 32.2. The van der Waals surface area contributed by atoms with Gasteiger partial charge < -0.3 is 9.73 Å². The van der Waals surface area contributed by atoms with Crippen LogP contribution < -0.4 is 5.32 Å². The summed E-state index contributed by atoms with van der Waals surface area (Å²) in [5, 5.41) is 8.62. The maximum absolute atomic E-state index is 5.51. The van der Waals surface area contributed by atoms with Gasteiger partial charge in [-0.3, -0.25) is 0 Å². The van der Waals surface area contributed by atoms with E-state index in [9.17, 15) is 0 Å². The van der Waals surface area contributed by atoms with Gasteiger partial charge in [0.25, 0.3) is 0 Å². The summed E-state index contributed by atoms with van der Waals surface area (Å²) in [6.45, 7) is 0. The molecule has 0 saturated carbocycles. The molecule has 0 bridgehead atoms. The smallest absolute Gasteiger partial charge is 0.227 e. The summed E-state index contributed by atoms with van der Waals surface area (Å²) in [6.07, 6.45) is 5.75. The second-order valence-electron chi connectivity index (χ2n) is 4.90. The van der Waals surface area contributed by atoms with Crippen molar-refractivity contribution in [2.75, 3.05) is 11.6 Å². The van der Waals surface area contributed by atoms with E-state index < -0.39 is 0 Å². The first-order valence-corrected chi connectivity index (χ1v) is 8.16. The lowest BCUT2D eigenvalue weighted by Gasteiger charge is -2.23. The SMILES string of the molecule is CSc1nc2n(n1)[C@H](c1ccccc1)C=C(c1ccco1)N2. The fourth-order valence-electron chi connectivity index (χ4n) is 2.52. The molecule has 1 aromatic carbocycles. The van der Waals surface area contributed by atoms with Gasteiger partial charge in [-0.2, -0.15) is 4.98 Å². The minimum absolute atomic E-state index is 0.00838. The molecular weight excluding hydrogens is 296 g/mol. The van der Waals surface area contributed by atoms with Crippen molar-refractivity contribution in [3.63, 3.8) is 0 Å². The summed E-state index contributed by atoms with van der Waals surface area (Å²) in [5.74, 6) is 1.52. The van der Waals surface area contributed by atoms with Crippen molar-refractivity contribution in [3.8, 4) is 0 Å². The monoisotopic (exact) mass is 310 g/mol. The number of rotatable bonds is 3. The van der Waals surface area contributed by atoms with E-state index in [1.165, 1.54) is 11.8 Å². The van der Waals surface area contributed by atoms with Crippen molar-refractivity contribution >= 4 is 23.4 Å². The van der Waals surface area contributed by atoms with E-state index in [1.807, 2.05) is 41.3 Å². The van der Waals surface area contributed by atoms with Crippen LogP contribution in [0.1, 0.15) is 17.4 Å². The van der Waals surface area contributed by atoms with Gasteiger partial charge in [0, 0.05) is 0 Å². The van der Waals surface area contributed by atoms with Crippen LogP contribution in [0.5, 0.6) is 0 Å². The topological polar surface area (TPSA) is 55.9 Å². The molecule has 0 radical (unpaired) electrons. The third kappa shape index (κ3) is 2.21. The highest BCUT2D eigenvalue weighted by Crippen LogP contribution is 2.33. The Morgan fingerprint density at radius 1 is 1.18 bits per heavy atom. The van der Waals surface area contributed by atoms with Crippen LogP contribution in [0.4, 0.5) is 5.95 Å². The average molecular weight is 310 g/mol. The van der Waals surface area contributed by atoms with Crippen LogP contribution in [0.15, 0.2) is 64.4 Å². The summed E-state index contributed by atoms with van der Waals surface area (Å²) in [4.78, 5) is 4.53. The Kier molecular flexibility index (Phi) is 3.23. The number of hydrogen-bond acceptors (Lipinski definition) is 5. The molecule has 22 heavy (non-hydrogen) atoms. The van der Waals surface area contributed by atoms with Crippen LogP contribution in [0.25, 0.3) is 5.70 Å². The van der Waals surface area contributed by atoms with E-state index in [0.29, 0.717) is 0 Å². The van der Waals surface area contributed by atoms with E-state index in [1.54, 1.807) is 6.26 Å². The largest absolute Gasteiger partial charge is 0.463 e. The second kappa shape index (κ2) is 5.38. The molecule has 1 N–H and O–H groups in total. The van der Waals surface area contributed by atoms with Gasteiger partial charge >= 0.3 is 0 Å². The Labute approximate surface area is 132 Å². The number of benzene rings is 1. The van der Waals surface area contributed by atoms with E-state index in [-0.39, 0.29) is 6.04 Å². The van der Waals surface area contributed by atoms with E-state index in [4.69, 9.17) is 4.42 Å². The Bertz CT molecular complexity index is 808. The third-order valence-corrected chi connectivity index (χ3v) is 4.09. The van der Waals surface area contributed by atoms with Gasteiger partial charge in [0.15, 0.2) is 0 Å². The average Bonchev–Trinajstić information content (AvgIpc) is 3.23. The first-order chi connectivity index (χ1) is 10.8. The molecule has 3 heterocycles. The Morgan fingerprint density at radius 3 is 2.77 bits per heavy atom. The molecule has 1 atom stereocenters. The molecule has 0 amide bonds. The van der Waals surface area contributed by atoms with Crippen LogP contribution in [0, 0.1) is 0 Å². The standard InChI is InChI=1S/C16H14N4OS/c1-22-16-18-15-17-12(14-8-5-9-21-14)10-13(20(15)19-16)11-6-3-2-4-7-11/h2-10,13H,1H3,(H,17,18,19)/t13-/m0/s1. The fourth-order valence-corrected chi connectivity index (χ4v) is 2.87. The molecule has 0 unspecified atom stereocenters. The van der Waals surface area contributed by atoms with Crippen LogP contribution in [-0.4, -0.2) is 21.0 Å². The molecule has 5 nitrogen and oxygen atoms in total. The fraction of sp³-hybridized carbons (Fsp3) is 0.125. The molecule has 2 aromatic heterocycles. The van der Waals surface area contributed by atoms with Gasteiger partial charge in [-0.1, -0.05) is 42.1 Å². The molecule has 6 heteroatoms. The maximum Gasteiger partial charge on any atom is 0.227 e. The lowest BCUT2D eigenvalue weighted by molar-refractivity contribution is 0.546. The number of furan rings is 1. The molecule has 3 aromatic rings. The normalized spacial score (nSPS) is 16.8. The number of aromatic nitrogens is 3. The quantitative estimate of drug-likeness (QED) is 0.748. The van der Waals surface area contributed by atoms with Crippen molar-refractivity contribution in [2.45, 2.75) is 11.2 Å². The zero-order valence-corrected chi connectivity index (χ0v) is 12.7. The molecule has 110 valence electrons. The van der Waals surface area contributed by atoms with Crippen LogP contribution in [0.2, 0.25) is 0 Å². The maximum atomic E-state index is 5.51. The Balaban J connectivity index is 1.84. The number of fused-ring (bicyclic) bond motifs is 1. The van der Waals surface area contributed by atoms with Crippen molar-refractivity contribution < 1.29 is 4.42 Å². The zero-order valence-electron chi connectivity index (χ0n) is 11.9. The first kappa shape index (κ1) is 13.2. The van der Waals surface area contributed by atoms with Crippen LogP contribution >= 0.6 is 11.8 Å². The van der Waals surface area contributed by atoms with Crippen molar-refractivity contribution in [1.29, 1.82) is 0 Å². The molecule has 1 aliphatic rings. The predicted octanol–water partition coefficient (Wildman–Crippen LogP) is 3.65. The lowest BCUT2D eigenvalue weighted by Crippen LogP contribution is -2.20. The van der Waals surface area contributed by atoms with Gasteiger partial charge in [-0.25, -0.2) is 4.68 Å². The summed E-state index contributed by atoms with van der Waals surface area (Å²) in [6, 6.07) is 14.1. The Morgan fingerprint density at radius 2 is 2.05 bits per heavy atom. The number of allylic oxidation sites excluding steroid dienone is 1. The number of thioether (sulfide) groups is 1. The van der Waals surface area contributed by atoms with Crippen LogP contribution in [-0.2, 0) is 0 Å².